The van der Waals surface area contributed by atoms with Gasteiger partial charge in [-0.1, -0.05) is 0 Å². The molecular weight excluding hydrogens is 268 g/mol. The Morgan fingerprint density at radius 2 is 2.25 bits per heavy atom. The van der Waals surface area contributed by atoms with Gasteiger partial charge in [0.1, 0.15) is 5.75 Å². The molecule has 0 unspecified atom stereocenters. The third-order valence-electron chi connectivity index (χ3n) is 2.20. The van der Waals surface area contributed by atoms with Crippen LogP contribution in [0.15, 0.2) is 22.7 Å². The largest absolute Gasteiger partial charge is 0.495 e. The summed E-state index contributed by atoms with van der Waals surface area (Å²) in [5, 5.41) is 11.7. The first-order chi connectivity index (χ1) is 7.77. The zero-order valence-electron chi connectivity index (χ0n) is 9.29. The summed E-state index contributed by atoms with van der Waals surface area (Å²) in [7, 11) is 1.65. The van der Waals surface area contributed by atoms with Crippen LogP contribution in [0.2, 0.25) is 0 Å². The SMILES string of the molecule is COc1cc(NCCCCC#N)ccc1Br. The third kappa shape index (κ3) is 4.11. The quantitative estimate of drug-likeness (QED) is 0.812. The van der Waals surface area contributed by atoms with Crippen LogP contribution in [0.1, 0.15) is 19.3 Å². The van der Waals surface area contributed by atoms with E-state index >= 15 is 0 Å². The summed E-state index contributed by atoms with van der Waals surface area (Å²) in [6, 6.07) is 8.04. The number of nitriles is 1. The monoisotopic (exact) mass is 282 g/mol. The van der Waals surface area contributed by atoms with Crippen LogP contribution in [0.5, 0.6) is 5.75 Å². The van der Waals surface area contributed by atoms with E-state index in [1.807, 2.05) is 18.2 Å². The zero-order valence-corrected chi connectivity index (χ0v) is 10.9. The maximum Gasteiger partial charge on any atom is 0.135 e. The van der Waals surface area contributed by atoms with Crippen LogP contribution in [0.3, 0.4) is 0 Å². The molecule has 1 aromatic carbocycles. The molecule has 0 saturated heterocycles. The van der Waals surface area contributed by atoms with E-state index in [-0.39, 0.29) is 0 Å². The van der Waals surface area contributed by atoms with Crippen molar-refractivity contribution < 1.29 is 4.74 Å². The first-order valence-electron chi connectivity index (χ1n) is 5.22. The lowest BCUT2D eigenvalue weighted by Gasteiger charge is -2.08. The first-order valence-corrected chi connectivity index (χ1v) is 6.01. The normalized spacial score (nSPS) is 9.56. The number of methoxy groups -OCH3 is 1. The van der Waals surface area contributed by atoms with Crippen LogP contribution >= 0.6 is 15.9 Å². The molecule has 0 aliphatic rings. The molecule has 1 aromatic rings. The molecule has 0 spiro atoms. The lowest BCUT2D eigenvalue weighted by atomic mass is 10.2. The van der Waals surface area contributed by atoms with E-state index in [1.54, 1.807) is 7.11 Å². The van der Waals surface area contributed by atoms with Crippen LogP contribution in [-0.4, -0.2) is 13.7 Å². The van der Waals surface area contributed by atoms with Gasteiger partial charge >= 0.3 is 0 Å². The van der Waals surface area contributed by atoms with Crippen LogP contribution in [-0.2, 0) is 0 Å². The number of anilines is 1. The second kappa shape index (κ2) is 7.13. The number of hydrogen-bond donors (Lipinski definition) is 1. The van der Waals surface area contributed by atoms with Gasteiger partial charge in [-0.15, -0.1) is 0 Å². The molecule has 0 radical (unpaired) electrons. The van der Waals surface area contributed by atoms with Crippen LogP contribution in [0.4, 0.5) is 5.69 Å². The predicted molar refractivity (Wildman–Crippen MR) is 68.6 cm³/mol. The van der Waals surface area contributed by atoms with Gasteiger partial charge in [0.25, 0.3) is 0 Å². The number of nitrogens with one attached hydrogen (secondary N) is 1. The van der Waals surface area contributed by atoms with Crippen LogP contribution in [0, 0.1) is 11.3 Å². The number of nitrogens with zero attached hydrogens (tertiary/aromatic N) is 1. The molecule has 0 aliphatic carbocycles. The summed E-state index contributed by atoms with van der Waals surface area (Å²) in [5.41, 5.74) is 1.04. The maximum absolute atomic E-state index is 8.39. The summed E-state index contributed by atoms with van der Waals surface area (Å²) in [6.07, 6.45) is 2.58. The Morgan fingerprint density at radius 3 is 2.94 bits per heavy atom. The van der Waals surface area contributed by atoms with E-state index in [0.29, 0.717) is 6.42 Å². The molecule has 3 nitrogen and oxygen atoms in total. The van der Waals surface area contributed by atoms with Crippen LogP contribution in [0.25, 0.3) is 0 Å². The van der Waals surface area contributed by atoms with Crippen molar-refractivity contribution in [2.24, 2.45) is 0 Å². The average Bonchev–Trinajstić information content (AvgIpc) is 2.31. The smallest absolute Gasteiger partial charge is 0.135 e. The summed E-state index contributed by atoms with van der Waals surface area (Å²) < 4.78 is 6.15. The minimum atomic E-state index is 0.630. The number of halogens is 1. The van der Waals surface area contributed by atoms with Crippen molar-refractivity contribution in [3.8, 4) is 11.8 Å². The van der Waals surface area contributed by atoms with Crippen molar-refractivity contribution in [1.29, 1.82) is 5.26 Å². The summed E-state index contributed by atoms with van der Waals surface area (Å²) in [4.78, 5) is 0. The minimum Gasteiger partial charge on any atom is -0.495 e. The molecule has 0 aliphatic heterocycles. The maximum atomic E-state index is 8.39. The molecule has 0 saturated carbocycles. The molecule has 1 N–H and O–H groups in total. The number of hydrogen-bond acceptors (Lipinski definition) is 3. The van der Waals surface area contributed by atoms with Gasteiger partial charge in [-0.05, 0) is 40.9 Å². The Hall–Kier alpha value is -1.21. The predicted octanol–water partition coefficient (Wildman–Crippen LogP) is 3.56. The van der Waals surface area contributed by atoms with Crippen molar-refractivity contribution in [1.82, 2.24) is 0 Å². The molecule has 1 rings (SSSR count). The number of unbranched alkanes of at least 4 members (excludes halogenated alkanes) is 2. The molecule has 0 atom stereocenters. The van der Waals surface area contributed by atoms with E-state index in [2.05, 4.69) is 27.3 Å². The van der Waals surface area contributed by atoms with Crippen molar-refractivity contribution in [2.45, 2.75) is 19.3 Å². The highest BCUT2D eigenvalue weighted by Crippen LogP contribution is 2.27. The number of rotatable bonds is 6. The Kier molecular flexibility index (Phi) is 5.73. The fraction of sp³-hybridized carbons (Fsp3) is 0.417. The van der Waals surface area contributed by atoms with Gasteiger partial charge in [-0.2, -0.15) is 5.26 Å². The Morgan fingerprint density at radius 1 is 1.44 bits per heavy atom. The van der Waals surface area contributed by atoms with Gasteiger partial charge in [0.2, 0.25) is 0 Å². The second-order valence-electron chi connectivity index (χ2n) is 3.39. The highest BCUT2D eigenvalue weighted by Gasteiger charge is 2.00. The summed E-state index contributed by atoms with van der Waals surface area (Å²) in [6.45, 7) is 0.881. The number of ether oxygens (including phenoxy) is 1. The zero-order chi connectivity index (χ0) is 11.8. The van der Waals surface area contributed by atoms with Crippen molar-refractivity contribution >= 4 is 21.6 Å². The highest BCUT2D eigenvalue weighted by atomic mass is 79.9. The Balaban J connectivity index is 2.40. The Bertz CT molecular complexity index is 374. The van der Waals surface area contributed by atoms with Crippen molar-refractivity contribution in [3.63, 3.8) is 0 Å². The molecule has 0 aromatic heterocycles. The average molecular weight is 283 g/mol. The fourth-order valence-corrected chi connectivity index (χ4v) is 1.74. The number of benzene rings is 1. The third-order valence-corrected chi connectivity index (χ3v) is 2.85. The van der Waals surface area contributed by atoms with Gasteiger partial charge in [-0.3, -0.25) is 0 Å². The molecule has 4 heteroatoms. The van der Waals surface area contributed by atoms with Gasteiger partial charge < -0.3 is 10.1 Å². The molecular formula is C12H15BrN2O. The molecule has 0 bridgehead atoms. The van der Waals surface area contributed by atoms with Gasteiger partial charge in [-0.25, -0.2) is 0 Å². The fourth-order valence-electron chi connectivity index (χ4n) is 1.33. The highest BCUT2D eigenvalue weighted by molar-refractivity contribution is 9.10. The molecule has 0 fully saturated rings. The van der Waals surface area contributed by atoms with E-state index < -0.39 is 0 Å². The van der Waals surface area contributed by atoms with Gasteiger partial charge in [0.05, 0.1) is 17.7 Å². The van der Waals surface area contributed by atoms with E-state index in [0.717, 1.165) is 35.3 Å². The van der Waals surface area contributed by atoms with Crippen molar-refractivity contribution in [2.75, 3.05) is 19.0 Å². The standard InChI is InChI=1S/C12H15BrN2O/c1-16-12-9-10(5-6-11(12)13)15-8-4-2-3-7-14/h5-6,9,15H,2-4,8H2,1H3. The minimum absolute atomic E-state index is 0.630. The molecule has 0 amide bonds. The lowest BCUT2D eigenvalue weighted by molar-refractivity contribution is 0.412. The summed E-state index contributed by atoms with van der Waals surface area (Å²) in [5.74, 6) is 0.821. The second-order valence-corrected chi connectivity index (χ2v) is 4.25. The molecule has 16 heavy (non-hydrogen) atoms. The molecule has 86 valence electrons. The molecule has 0 heterocycles. The van der Waals surface area contributed by atoms with Gasteiger partial charge in [0, 0.05) is 24.7 Å². The van der Waals surface area contributed by atoms with E-state index in [1.165, 1.54) is 0 Å². The van der Waals surface area contributed by atoms with Crippen LogP contribution < -0.4 is 10.1 Å². The summed E-state index contributed by atoms with van der Waals surface area (Å²) >= 11 is 3.40. The lowest BCUT2D eigenvalue weighted by Crippen LogP contribution is -2.01. The Labute approximate surface area is 105 Å². The first kappa shape index (κ1) is 12.9. The van der Waals surface area contributed by atoms with Gasteiger partial charge in [0.15, 0.2) is 0 Å². The van der Waals surface area contributed by atoms with Crippen molar-refractivity contribution in [3.05, 3.63) is 22.7 Å². The topological polar surface area (TPSA) is 45.0 Å². The van der Waals surface area contributed by atoms with E-state index in [4.69, 9.17) is 10.00 Å². The van der Waals surface area contributed by atoms with E-state index in [9.17, 15) is 0 Å².